The molecule has 1 aliphatic carbocycles. The van der Waals surface area contributed by atoms with Crippen molar-refractivity contribution in [1.29, 1.82) is 0 Å². The van der Waals surface area contributed by atoms with E-state index in [0.717, 1.165) is 41.4 Å². The lowest BCUT2D eigenvalue weighted by Crippen LogP contribution is -2.37. The molecule has 0 bridgehead atoms. The highest BCUT2D eigenvalue weighted by molar-refractivity contribution is 6.14. The minimum atomic E-state index is -0.184. The Balaban J connectivity index is 1.68. The van der Waals surface area contributed by atoms with E-state index >= 15 is 0 Å². The van der Waals surface area contributed by atoms with Gasteiger partial charge in [-0.15, -0.1) is 0 Å². The first-order valence-electron chi connectivity index (χ1n) is 11.2. The molecule has 1 saturated carbocycles. The molecule has 0 N–H and O–H groups in total. The number of rotatable bonds is 4. The van der Waals surface area contributed by atoms with Crippen LogP contribution in [0.25, 0.3) is 21.9 Å². The maximum Gasteiger partial charge on any atom is 0.328 e. The second kappa shape index (κ2) is 7.41. The van der Waals surface area contributed by atoms with Gasteiger partial charge in [-0.3, -0.25) is 9.36 Å². The fourth-order valence-electron chi connectivity index (χ4n) is 4.82. The number of carbonyl (C=O) groups excluding carboxylic acids is 2. The Morgan fingerprint density at radius 3 is 2.42 bits per heavy atom. The first kappa shape index (κ1) is 20.1. The minimum Gasteiger partial charge on any atom is -0.339 e. The van der Waals surface area contributed by atoms with Crippen LogP contribution in [-0.4, -0.2) is 83.1 Å². The first-order chi connectivity index (χ1) is 14.9. The zero-order chi connectivity index (χ0) is 21.9. The maximum atomic E-state index is 13.6. The van der Waals surface area contributed by atoms with Gasteiger partial charge in [0.25, 0.3) is 5.91 Å². The molecule has 0 spiro atoms. The summed E-state index contributed by atoms with van der Waals surface area (Å²) in [6.07, 6.45) is 3.45. The minimum absolute atomic E-state index is 0.0576. The predicted octanol–water partition coefficient (Wildman–Crippen LogP) is 3.31. The number of amides is 2. The van der Waals surface area contributed by atoms with Crippen molar-refractivity contribution < 1.29 is 9.59 Å². The zero-order valence-electron chi connectivity index (χ0n) is 18.8. The van der Waals surface area contributed by atoms with E-state index in [1.165, 1.54) is 12.8 Å². The third kappa shape index (κ3) is 3.31. The maximum absolute atomic E-state index is 13.6. The Morgan fingerprint density at radius 2 is 1.77 bits per heavy atom. The highest BCUT2D eigenvalue weighted by atomic mass is 16.2. The van der Waals surface area contributed by atoms with Crippen molar-refractivity contribution in [1.82, 2.24) is 23.8 Å². The van der Waals surface area contributed by atoms with Crippen molar-refractivity contribution in [2.24, 2.45) is 5.92 Å². The second-order valence-corrected chi connectivity index (χ2v) is 9.50. The van der Waals surface area contributed by atoms with Crippen LogP contribution in [0.2, 0.25) is 0 Å². The van der Waals surface area contributed by atoms with Crippen molar-refractivity contribution in [3.8, 4) is 0 Å². The molecule has 164 valence electrons. The molecule has 2 amide bonds. The number of hydrogen-bond acceptors (Lipinski definition) is 3. The average Bonchev–Trinajstić information content (AvgIpc) is 3.18. The number of para-hydroxylation sites is 1. The molecule has 1 unspecified atom stereocenters. The summed E-state index contributed by atoms with van der Waals surface area (Å²) in [6, 6.07) is 10.3. The number of hydrogen-bond donors (Lipinski definition) is 0. The van der Waals surface area contributed by atoms with E-state index in [9.17, 15) is 9.59 Å². The van der Waals surface area contributed by atoms with Gasteiger partial charge in [0.2, 0.25) is 0 Å². The first-order valence-corrected chi connectivity index (χ1v) is 11.2. The molecule has 2 fully saturated rings. The van der Waals surface area contributed by atoms with Crippen LogP contribution in [0.5, 0.6) is 0 Å². The van der Waals surface area contributed by atoms with Gasteiger partial charge in [0, 0.05) is 45.2 Å². The van der Waals surface area contributed by atoms with Crippen LogP contribution in [0, 0.1) is 5.92 Å². The number of benzene rings is 1. The number of nitrogens with zero attached hydrogens (tertiary/aromatic N) is 5. The van der Waals surface area contributed by atoms with Crippen LogP contribution in [0.15, 0.2) is 30.3 Å². The van der Waals surface area contributed by atoms with Gasteiger partial charge in [-0.25, -0.2) is 4.79 Å². The molecule has 2 aromatic heterocycles. The summed E-state index contributed by atoms with van der Waals surface area (Å²) in [5, 5.41) is 1.03. The van der Waals surface area contributed by atoms with Gasteiger partial charge in [0.1, 0.15) is 5.69 Å². The fraction of sp³-hybridized carbons (Fsp3) is 0.500. The number of carbonyl (C=O) groups is 2. The van der Waals surface area contributed by atoms with Gasteiger partial charge in [-0.1, -0.05) is 18.2 Å². The van der Waals surface area contributed by atoms with E-state index in [4.69, 9.17) is 0 Å². The molecular weight excluding hydrogens is 390 g/mol. The highest BCUT2D eigenvalue weighted by Crippen LogP contribution is 2.37. The largest absolute Gasteiger partial charge is 0.339 e. The van der Waals surface area contributed by atoms with Crippen molar-refractivity contribution in [2.75, 3.05) is 41.3 Å². The van der Waals surface area contributed by atoms with Crippen LogP contribution in [-0.2, 0) is 6.54 Å². The predicted molar refractivity (Wildman–Crippen MR) is 123 cm³/mol. The Morgan fingerprint density at radius 1 is 1.03 bits per heavy atom. The third-order valence-corrected chi connectivity index (χ3v) is 6.83. The van der Waals surface area contributed by atoms with Crippen LogP contribution in [0.1, 0.15) is 29.8 Å². The van der Waals surface area contributed by atoms with E-state index in [1.54, 1.807) is 23.6 Å². The summed E-state index contributed by atoms with van der Waals surface area (Å²) >= 11 is 0. The number of likely N-dealkylation sites (tertiary alicyclic amines) is 1. The normalized spacial score (nSPS) is 19.1. The summed E-state index contributed by atoms with van der Waals surface area (Å²) in [5.74, 6) is 0.628. The van der Waals surface area contributed by atoms with Crippen molar-refractivity contribution in [3.05, 3.63) is 36.0 Å². The molecule has 3 aromatic rings. The fourth-order valence-corrected chi connectivity index (χ4v) is 4.82. The topological polar surface area (TPSA) is 53.7 Å². The van der Waals surface area contributed by atoms with Crippen molar-refractivity contribution >= 4 is 33.9 Å². The summed E-state index contributed by atoms with van der Waals surface area (Å²) in [6.45, 7) is 2.35. The van der Waals surface area contributed by atoms with Crippen molar-refractivity contribution in [3.63, 3.8) is 0 Å². The summed E-state index contributed by atoms with van der Waals surface area (Å²) in [4.78, 5) is 32.6. The number of fused-ring (bicyclic) bond motifs is 3. The number of likely N-dealkylation sites (N-methyl/N-ethyl adjacent to an activating group) is 1. The molecule has 1 aliphatic heterocycles. The van der Waals surface area contributed by atoms with Crippen LogP contribution in [0.4, 0.5) is 4.79 Å². The summed E-state index contributed by atoms with van der Waals surface area (Å²) < 4.78 is 3.96. The molecule has 1 aromatic carbocycles. The van der Waals surface area contributed by atoms with E-state index in [2.05, 4.69) is 35.7 Å². The zero-order valence-corrected chi connectivity index (χ0v) is 18.8. The summed E-state index contributed by atoms with van der Waals surface area (Å²) in [5.41, 5.74) is 3.43. The summed E-state index contributed by atoms with van der Waals surface area (Å²) in [7, 11) is 7.59. The SMILES string of the molecule is CN(C)C(=O)n1c(C(=O)N2CCC(N(C)C)C2)cc2c1c1ccccc1n2CC1CC1. The van der Waals surface area contributed by atoms with E-state index in [1.807, 2.05) is 23.1 Å². The smallest absolute Gasteiger partial charge is 0.328 e. The number of aromatic nitrogens is 2. The van der Waals surface area contributed by atoms with Gasteiger partial charge in [-0.05, 0) is 51.4 Å². The van der Waals surface area contributed by atoms with Gasteiger partial charge < -0.3 is 19.3 Å². The van der Waals surface area contributed by atoms with E-state index < -0.39 is 0 Å². The molecule has 7 nitrogen and oxygen atoms in total. The monoisotopic (exact) mass is 421 g/mol. The highest BCUT2D eigenvalue weighted by Gasteiger charge is 2.33. The van der Waals surface area contributed by atoms with Crippen molar-refractivity contribution in [2.45, 2.75) is 31.8 Å². The molecule has 1 saturated heterocycles. The Kier molecular flexibility index (Phi) is 4.81. The van der Waals surface area contributed by atoms with E-state index in [0.29, 0.717) is 24.2 Å². The molecule has 7 heteroatoms. The Labute approximate surface area is 182 Å². The molecule has 31 heavy (non-hydrogen) atoms. The Hall–Kier alpha value is -2.80. The van der Waals surface area contributed by atoms with Gasteiger partial charge in [-0.2, -0.15) is 0 Å². The van der Waals surface area contributed by atoms with Crippen LogP contribution < -0.4 is 0 Å². The standard InChI is InChI=1S/C24H31N5O2/c1-25(2)17-11-12-27(15-17)23(30)21-13-20-22(29(21)24(31)26(3)4)18-7-5-6-8-19(18)28(20)14-16-9-10-16/h5-8,13,16-17H,9-12,14-15H2,1-4H3. The molecule has 2 aliphatic rings. The Bertz CT molecular complexity index is 1170. The molecular formula is C24H31N5O2. The lowest BCUT2D eigenvalue weighted by atomic mass is 10.2. The lowest BCUT2D eigenvalue weighted by Gasteiger charge is -2.21. The lowest BCUT2D eigenvalue weighted by molar-refractivity contribution is 0.0773. The third-order valence-electron chi connectivity index (χ3n) is 6.83. The quantitative estimate of drug-likeness (QED) is 0.650. The average molecular weight is 422 g/mol. The molecule has 5 rings (SSSR count). The molecule has 0 radical (unpaired) electrons. The van der Waals surface area contributed by atoms with E-state index in [-0.39, 0.29) is 11.9 Å². The van der Waals surface area contributed by atoms with Gasteiger partial charge >= 0.3 is 6.03 Å². The molecule has 1 atom stereocenters. The molecule has 3 heterocycles. The van der Waals surface area contributed by atoms with Crippen LogP contribution in [0.3, 0.4) is 0 Å². The van der Waals surface area contributed by atoms with Crippen LogP contribution >= 0.6 is 0 Å². The van der Waals surface area contributed by atoms with Gasteiger partial charge in [0.15, 0.2) is 0 Å². The van der Waals surface area contributed by atoms with Gasteiger partial charge in [0.05, 0.1) is 16.6 Å². The second-order valence-electron chi connectivity index (χ2n) is 9.50.